The van der Waals surface area contributed by atoms with Gasteiger partial charge in [0.2, 0.25) is 5.95 Å². The Morgan fingerprint density at radius 3 is 2.40 bits per heavy atom. The van der Waals surface area contributed by atoms with E-state index in [1.54, 1.807) is 0 Å². The first-order chi connectivity index (χ1) is 7.27. The molecule has 15 heavy (non-hydrogen) atoms. The molecule has 3 nitrogen and oxygen atoms in total. The van der Waals surface area contributed by atoms with E-state index in [0.717, 1.165) is 17.1 Å². The van der Waals surface area contributed by atoms with E-state index in [-0.39, 0.29) is 0 Å². The summed E-state index contributed by atoms with van der Waals surface area (Å²) >= 11 is 0. The number of hydrogen-bond acceptors (Lipinski definition) is 3. The van der Waals surface area contributed by atoms with Gasteiger partial charge in [0.1, 0.15) is 0 Å². The molecule has 0 saturated heterocycles. The van der Waals surface area contributed by atoms with Gasteiger partial charge in [-0.05, 0) is 11.6 Å². The Kier molecular flexibility index (Phi) is 2.63. The quantitative estimate of drug-likeness (QED) is 0.739. The summed E-state index contributed by atoms with van der Waals surface area (Å²) in [5.74, 6) is 0.717. The summed E-state index contributed by atoms with van der Waals surface area (Å²) < 4.78 is 0. The molecule has 0 N–H and O–H groups in total. The van der Waals surface area contributed by atoms with Crippen LogP contribution in [-0.4, -0.2) is 24.1 Å². The summed E-state index contributed by atoms with van der Waals surface area (Å²) in [6.45, 7) is 0. The van der Waals surface area contributed by atoms with Gasteiger partial charge in [0.25, 0.3) is 0 Å². The summed E-state index contributed by atoms with van der Waals surface area (Å²) in [6.07, 6.45) is 3.63. The average Bonchev–Trinajstić information content (AvgIpc) is 2.30. The van der Waals surface area contributed by atoms with Crippen molar-refractivity contribution in [1.82, 2.24) is 9.97 Å². The summed E-state index contributed by atoms with van der Waals surface area (Å²) in [6, 6.07) is 10.9. The Bertz CT molecular complexity index is 420. The van der Waals surface area contributed by atoms with Gasteiger partial charge >= 0.3 is 0 Å². The molecule has 0 unspecified atom stereocenters. The standard InChI is InChI=1S/C12H12N3/c1-15(2)12-13-8-11(9-14-12)10-6-4-3-5-7-10/h3-6,8-9H,1-2H3. The zero-order valence-electron chi connectivity index (χ0n) is 8.81. The van der Waals surface area contributed by atoms with Crippen LogP contribution in [0.25, 0.3) is 11.1 Å². The van der Waals surface area contributed by atoms with Crippen LogP contribution in [-0.2, 0) is 0 Å². The second-order valence-electron chi connectivity index (χ2n) is 3.44. The van der Waals surface area contributed by atoms with Crippen LogP contribution in [0.15, 0.2) is 36.7 Å². The molecule has 75 valence electrons. The minimum absolute atomic E-state index is 0.717. The second-order valence-corrected chi connectivity index (χ2v) is 3.44. The third kappa shape index (κ3) is 2.13. The normalized spacial score (nSPS) is 10.0. The number of aromatic nitrogens is 2. The maximum atomic E-state index is 4.25. The molecule has 0 amide bonds. The third-order valence-electron chi connectivity index (χ3n) is 2.06. The molecule has 0 aliphatic carbocycles. The Morgan fingerprint density at radius 2 is 1.87 bits per heavy atom. The molecule has 0 saturated carbocycles. The molecule has 2 rings (SSSR count). The highest BCUT2D eigenvalue weighted by Crippen LogP contribution is 2.16. The fourth-order valence-electron chi connectivity index (χ4n) is 1.26. The molecule has 2 aromatic rings. The smallest absolute Gasteiger partial charge is 0.224 e. The van der Waals surface area contributed by atoms with Gasteiger partial charge in [-0.3, -0.25) is 0 Å². The van der Waals surface area contributed by atoms with Crippen LogP contribution >= 0.6 is 0 Å². The maximum absolute atomic E-state index is 4.25. The number of rotatable bonds is 2. The minimum atomic E-state index is 0.717. The van der Waals surface area contributed by atoms with Gasteiger partial charge in [0.05, 0.1) is 0 Å². The molecule has 3 heteroatoms. The van der Waals surface area contributed by atoms with Crippen molar-refractivity contribution in [3.63, 3.8) is 0 Å². The second kappa shape index (κ2) is 4.09. The van der Waals surface area contributed by atoms with Crippen molar-refractivity contribution in [3.8, 4) is 11.1 Å². The number of hydrogen-bond donors (Lipinski definition) is 0. The zero-order chi connectivity index (χ0) is 10.7. The molecular weight excluding hydrogens is 186 g/mol. The van der Waals surface area contributed by atoms with Crippen LogP contribution in [0.1, 0.15) is 0 Å². The van der Waals surface area contributed by atoms with Gasteiger partial charge < -0.3 is 4.90 Å². The predicted molar refractivity (Wildman–Crippen MR) is 60.6 cm³/mol. The fraction of sp³-hybridized carbons (Fsp3) is 0.167. The molecule has 0 aliphatic rings. The van der Waals surface area contributed by atoms with E-state index in [0.29, 0.717) is 0 Å². The first-order valence-electron chi connectivity index (χ1n) is 4.74. The molecule has 0 fully saturated rings. The van der Waals surface area contributed by atoms with Crippen molar-refractivity contribution in [1.29, 1.82) is 0 Å². The Labute approximate surface area is 89.4 Å². The van der Waals surface area contributed by atoms with E-state index in [4.69, 9.17) is 0 Å². The molecule has 1 aromatic carbocycles. The van der Waals surface area contributed by atoms with Gasteiger partial charge in [-0.25, -0.2) is 9.97 Å². The van der Waals surface area contributed by atoms with Gasteiger partial charge in [-0.15, -0.1) is 0 Å². The highest BCUT2D eigenvalue weighted by atomic mass is 15.2. The largest absolute Gasteiger partial charge is 0.347 e. The lowest BCUT2D eigenvalue weighted by Gasteiger charge is -2.09. The lowest BCUT2D eigenvalue weighted by Crippen LogP contribution is -2.12. The monoisotopic (exact) mass is 198 g/mol. The van der Waals surface area contributed by atoms with Crippen molar-refractivity contribution in [2.24, 2.45) is 0 Å². The van der Waals surface area contributed by atoms with Crippen molar-refractivity contribution in [2.75, 3.05) is 19.0 Å². The fourth-order valence-corrected chi connectivity index (χ4v) is 1.26. The molecular formula is C12H12N3. The van der Waals surface area contributed by atoms with Gasteiger partial charge in [0, 0.05) is 32.1 Å². The number of benzene rings is 1. The van der Waals surface area contributed by atoms with Gasteiger partial charge in [0.15, 0.2) is 0 Å². The topological polar surface area (TPSA) is 29.0 Å². The highest BCUT2D eigenvalue weighted by molar-refractivity contribution is 5.60. The number of nitrogens with zero attached hydrogens (tertiary/aromatic N) is 3. The summed E-state index contributed by atoms with van der Waals surface area (Å²) in [5.41, 5.74) is 2.00. The Hall–Kier alpha value is -1.90. The molecule has 0 aliphatic heterocycles. The molecule has 0 atom stereocenters. The van der Waals surface area contributed by atoms with E-state index in [1.807, 2.05) is 55.7 Å². The van der Waals surface area contributed by atoms with Crippen LogP contribution in [0.4, 0.5) is 5.95 Å². The van der Waals surface area contributed by atoms with Crippen molar-refractivity contribution in [3.05, 3.63) is 42.7 Å². The summed E-state index contributed by atoms with van der Waals surface area (Å²) in [4.78, 5) is 10.4. The van der Waals surface area contributed by atoms with Crippen LogP contribution in [0.5, 0.6) is 0 Å². The van der Waals surface area contributed by atoms with Crippen LogP contribution < -0.4 is 4.90 Å². The van der Waals surface area contributed by atoms with Crippen molar-refractivity contribution >= 4 is 5.95 Å². The van der Waals surface area contributed by atoms with Crippen LogP contribution in [0.2, 0.25) is 0 Å². The molecule has 0 spiro atoms. The highest BCUT2D eigenvalue weighted by Gasteiger charge is 2.00. The van der Waals surface area contributed by atoms with Crippen LogP contribution in [0.3, 0.4) is 0 Å². The van der Waals surface area contributed by atoms with Crippen LogP contribution in [0, 0.1) is 6.07 Å². The molecule has 1 heterocycles. The number of anilines is 1. The van der Waals surface area contributed by atoms with E-state index < -0.39 is 0 Å². The molecule has 1 aromatic heterocycles. The minimum Gasteiger partial charge on any atom is -0.347 e. The zero-order valence-corrected chi connectivity index (χ0v) is 8.81. The average molecular weight is 198 g/mol. The third-order valence-corrected chi connectivity index (χ3v) is 2.06. The molecule has 1 radical (unpaired) electrons. The first-order valence-corrected chi connectivity index (χ1v) is 4.74. The lowest BCUT2D eigenvalue weighted by molar-refractivity contribution is 1.000. The van der Waals surface area contributed by atoms with Crippen molar-refractivity contribution < 1.29 is 0 Å². The van der Waals surface area contributed by atoms with Crippen molar-refractivity contribution in [2.45, 2.75) is 0 Å². The molecule has 0 bridgehead atoms. The summed E-state index contributed by atoms with van der Waals surface area (Å²) in [7, 11) is 3.84. The first kappa shape index (κ1) is 9.65. The summed E-state index contributed by atoms with van der Waals surface area (Å²) in [5, 5.41) is 0. The van der Waals surface area contributed by atoms with E-state index in [9.17, 15) is 0 Å². The lowest BCUT2D eigenvalue weighted by atomic mass is 10.1. The maximum Gasteiger partial charge on any atom is 0.224 e. The SMILES string of the molecule is CN(C)c1ncc(-c2[c]cccc2)cn1. The Morgan fingerprint density at radius 1 is 1.13 bits per heavy atom. The van der Waals surface area contributed by atoms with Gasteiger partial charge in [-0.1, -0.05) is 24.3 Å². The van der Waals surface area contributed by atoms with E-state index in [1.165, 1.54) is 0 Å². The Balaban J connectivity index is 2.32. The van der Waals surface area contributed by atoms with Gasteiger partial charge in [-0.2, -0.15) is 0 Å². The predicted octanol–water partition coefficient (Wildman–Crippen LogP) is 2.01. The van der Waals surface area contributed by atoms with E-state index in [2.05, 4.69) is 16.0 Å². The van der Waals surface area contributed by atoms with E-state index >= 15 is 0 Å².